The van der Waals surface area contributed by atoms with Gasteiger partial charge in [0.15, 0.2) is 5.78 Å². The van der Waals surface area contributed by atoms with Crippen molar-refractivity contribution in [3.63, 3.8) is 0 Å². The fourth-order valence-corrected chi connectivity index (χ4v) is 7.22. The Labute approximate surface area is 141 Å². The molecule has 0 saturated heterocycles. The lowest BCUT2D eigenvalue weighted by atomic mass is 9.46. The number of rotatable bonds is 2. The standard InChI is InChI=1S/C21H32O2/c1-20-10-8-16(22)12-14(20)4-6-17-18-7-5-15(13-23-3)21(18,2)11-9-19(17)20/h8,10,14-15,17-19H,4-7,9,11-13H2,1-3H3/t14?,15?,17-,18-,19+,20-,21+/m0/s1. The Kier molecular flexibility index (Phi) is 3.75. The van der Waals surface area contributed by atoms with Crippen molar-refractivity contribution in [2.75, 3.05) is 13.7 Å². The first-order valence-corrected chi connectivity index (χ1v) is 9.70. The Morgan fingerprint density at radius 2 is 1.96 bits per heavy atom. The van der Waals surface area contributed by atoms with Gasteiger partial charge in [0.05, 0.1) is 0 Å². The molecule has 2 heteroatoms. The predicted molar refractivity (Wildman–Crippen MR) is 92.0 cm³/mol. The van der Waals surface area contributed by atoms with E-state index in [0.717, 1.165) is 36.7 Å². The van der Waals surface area contributed by atoms with Crippen molar-refractivity contribution in [2.24, 2.45) is 40.4 Å². The molecule has 0 aromatic carbocycles. The van der Waals surface area contributed by atoms with Crippen molar-refractivity contribution in [2.45, 2.75) is 58.8 Å². The molecule has 0 bridgehead atoms. The molecule has 4 aliphatic carbocycles. The van der Waals surface area contributed by atoms with Crippen molar-refractivity contribution >= 4 is 5.78 Å². The first-order chi connectivity index (χ1) is 11.0. The molecule has 0 aromatic rings. The second-order valence-electron chi connectivity index (χ2n) is 9.30. The Morgan fingerprint density at radius 1 is 1.13 bits per heavy atom. The van der Waals surface area contributed by atoms with E-state index in [2.05, 4.69) is 19.9 Å². The molecule has 2 unspecified atom stereocenters. The molecular weight excluding hydrogens is 284 g/mol. The zero-order valence-corrected chi connectivity index (χ0v) is 15.0. The third kappa shape index (κ3) is 2.20. The molecule has 0 amide bonds. The molecule has 2 nitrogen and oxygen atoms in total. The molecular formula is C21H32O2. The Morgan fingerprint density at radius 3 is 2.74 bits per heavy atom. The molecule has 7 atom stereocenters. The van der Waals surface area contributed by atoms with Gasteiger partial charge in [0.2, 0.25) is 0 Å². The molecule has 128 valence electrons. The number of hydrogen-bond acceptors (Lipinski definition) is 2. The summed E-state index contributed by atoms with van der Waals surface area (Å²) in [7, 11) is 1.86. The molecule has 0 aromatic heterocycles. The van der Waals surface area contributed by atoms with Crippen LogP contribution in [-0.4, -0.2) is 19.5 Å². The summed E-state index contributed by atoms with van der Waals surface area (Å²) in [4.78, 5) is 11.9. The van der Waals surface area contributed by atoms with E-state index in [4.69, 9.17) is 4.74 Å². The number of hydrogen-bond donors (Lipinski definition) is 0. The predicted octanol–water partition coefficient (Wildman–Crippen LogP) is 4.64. The van der Waals surface area contributed by atoms with E-state index in [1.165, 1.54) is 38.5 Å². The van der Waals surface area contributed by atoms with E-state index in [0.29, 0.717) is 17.1 Å². The molecule has 4 aliphatic rings. The van der Waals surface area contributed by atoms with Gasteiger partial charge < -0.3 is 4.74 Å². The van der Waals surface area contributed by atoms with Gasteiger partial charge in [-0.25, -0.2) is 0 Å². The van der Waals surface area contributed by atoms with E-state index in [9.17, 15) is 4.79 Å². The largest absolute Gasteiger partial charge is 0.384 e. The fraction of sp³-hybridized carbons (Fsp3) is 0.857. The number of fused-ring (bicyclic) bond motifs is 5. The van der Waals surface area contributed by atoms with Crippen LogP contribution in [0, 0.1) is 40.4 Å². The van der Waals surface area contributed by atoms with Crippen LogP contribution in [0.25, 0.3) is 0 Å². The van der Waals surface area contributed by atoms with Crippen molar-refractivity contribution in [3.05, 3.63) is 12.2 Å². The average Bonchev–Trinajstić information content (AvgIpc) is 2.85. The minimum absolute atomic E-state index is 0.275. The molecule has 23 heavy (non-hydrogen) atoms. The lowest BCUT2D eigenvalue weighted by Gasteiger charge is -2.59. The van der Waals surface area contributed by atoms with E-state index in [1.54, 1.807) is 0 Å². The maximum atomic E-state index is 11.9. The third-order valence-electron chi connectivity index (χ3n) is 8.60. The van der Waals surface area contributed by atoms with E-state index >= 15 is 0 Å². The number of allylic oxidation sites excluding steroid dienone is 2. The lowest BCUT2D eigenvalue weighted by molar-refractivity contribution is -0.122. The van der Waals surface area contributed by atoms with Crippen molar-refractivity contribution < 1.29 is 9.53 Å². The number of carbonyl (C=O) groups is 1. The minimum Gasteiger partial charge on any atom is -0.384 e. The second kappa shape index (κ2) is 5.44. The molecule has 3 fully saturated rings. The summed E-state index contributed by atoms with van der Waals surface area (Å²) in [5.74, 6) is 4.26. The van der Waals surface area contributed by atoms with Crippen LogP contribution in [0.5, 0.6) is 0 Å². The van der Waals surface area contributed by atoms with Gasteiger partial charge >= 0.3 is 0 Å². The molecule has 0 N–H and O–H groups in total. The maximum Gasteiger partial charge on any atom is 0.155 e. The van der Waals surface area contributed by atoms with Crippen LogP contribution in [-0.2, 0) is 9.53 Å². The molecule has 0 aliphatic heterocycles. The highest BCUT2D eigenvalue weighted by atomic mass is 16.5. The van der Waals surface area contributed by atoms with Gasteiger partial charge in [-0.15, -0.1) is 0 Å². The highest BCUT2D eigenvalue weighted by Gasteiger charge is 2.59. The Bertz CT molecular complexity index is 524. The van der Waals surface area contributed by atoms with Crippen LogP contribution in [0.2, 0.25) is 0 Å². The first kappa shape index (κ1) is 15.9. The zero-order valence-electron chi connectivity index (χ0n) is 15.0. The van der Waals surface area contributed by atoms with Crippen LogP contribution in [0.15, 0.2) is 12.2 Å². The summed E-state index contributed by atoms with van der Waals surface area (Å²) in [6.45, 7) is 5.96. The molecule has 0 radical (unpaired) electrons. The third-order valence-corrected chi connectivity index (χ3v) is 8.60. The normalized spacial score (nSPS) is 52.0. The van der Waals surface area contributed by atoms with Gasteiger partial charge in [-0.3, -0.25) is 4.79 Å². The zero-order chi connectivity index (χ0) is 16.2. The highest BCUT2D eigenvalue weighted by molar-refractivity contribution is 5.91. The van der Waals surface area contributed by atoms with Gasteiger partial charge in [0.25, 0.3) is 0 Å². The van der Waals surface area contributed by atoms with Gasteiger partial charge in [-0.2, -0.15) is 0 Å². The minimum atomic E-state index is 0.275. The summed E-state index contributed by atoms with van der Waals surface area (Å²) >= 11 is 0. The van der Waals surface area contributed by atoms with Gasteiger partial charge in [0.1, 0.15) is 0 Å². The monoisotopic (exact) mass is 316 g/mol. The summed E-state index contributed by atoms with van der Waals surface area (Å²) in [6, 6.07) is 0. The highest BCUT2D eigenvalue weighted by Crippen LogP contribution is 2.66. The van der Waals surface area contributed by atoms with Crippen LogP contribution in [0.4, 0.5) is 0 Å². The van der Waals surface area contributed by atoms with Gasteiger partial charge in [-0.05, 0) is 85.0 Å². The van der Waals surface area contributed by atoms with E-state index < -0.39 is 0 Å². The Balaban J connectivity index is 1.63. The second-order valence-corrected chi connectivity index (χ2v) is 9.30. The molecule has 0 spiro atoms. The number of ether oxygens (including phenoxy) is 1. The van der Waals surface area contributed by atoms with Crippen LogP contribution < -0.4 is 0 Å². The Hall–Kier alpha value is -0.630. The topological polar surface area (TPSA) is 26.3 Å². The van der Waals surface area contributed by atoms with Crippen molar-refractivity contribution in [1.82, 2.24) is 0 Å². The van der Waals surface area contributed by atoms with Gasteiger partial charge in [0, 0.05) is 20.1 Å². The number of carbonyl (C=O) groups excluding carboxylic acids is 1. The average molecular weight is 316 g/mol. The summed E-state index contributed by atoms with van der Waals surface area (Å²) in [5, 5.41) is 0. The van der Waals surface area contributed by atoms with Crippen LogP contribution in [0.1, 0.15) is 58.8 Å². The fourth-order valence-electron chi connectivity index (χ4n) is 7.22. The van der Waals surface area contributed by atoms with Crippen molar-refractivity contribution in [1.29, 1.82) is 0 Å². The quantitative estimate of drug-likeness (QED) is 0.742. The lowest BCUT2D eigenvalue weighted by Crippen LogP contribution is -2.52. The summed E-state index contributed by atoms with van der Waals surface area (Å²) in [6.07, 6.45) is 13.1. The number of methoxy groups -OCH3 is 1. The van der Waals surface area contributed by atoms with Gasteiger partial charge in [-0.1, -0.05) is 19.9 Å². The smallest absolute Gasteiger partial charge is 0.155 e. The SMILES string of the molecule is COCC1CC[C@H]2[C@@H]3CCC4CC(=O)C=C[C@]4(C)[C@@H]3CC[C@]12C. The van der Waals surface area contributed by atoms with Crippen LogP contribution in [0.3, 0.4) is 0 Å². The summed E-state index contributed by atoms with van der Waals surface area (Å²) < 4.78 is 5.54. The maximum absolute atomic E-state index is 11.9. The molecule has 3 saturated carbocycles. The summed E-state index contributed by atoms with van der Waals surface area (Å²) in [5.41, 5.74) is 0.770. The van der Waals surface area contributed by atoms with Crippen molar-refractivity contribution in [3.8, 4) is 0 Å². The van der Waals surface area contributed by atoms with Crippen LogP contribution >= 0.6 is 0 Å². The van der Waals surface area contributed by atoms with E-state index in [1.807, 2.05) is 13.2 Å². The van der Waals surface area contributed by atoms with E-state index in [-0.39, 0.29) is 5.41 Å². The number of ketones is 1. The molecule has 0 heterocycles. The first-order valence-electron chi connectivity index (χ1n) is 9.70. The molecule has 4 rings (SSSR count).